The average Bonchev–Trinajstić information content (AvgIpc) is 2.59. The molecule has 1 aliphatic rings. The van der Waals surface area contributed by atoms with Crippen molar-refractivity contribution in [3.05, 3.63) is 35.5 Å². The molecule has 6 nitrogen and oxygen atoms in total. The third-order valence-electron chi connectivity index (χ3n) is 3.31. The number of hydrogen-bond acceptors (Lipinski definition) is 6. The van der Waals surface area contributed by atoms with Gasteiger partial charge in [-0.1, -0.05) is 19.1 Å². The van der Waals surface area contributed by atoms with Crippen molar-refractivity contribution in [2.75, 3.05) is 20.3 Å². The molecule has 6 heteroatoms. The number of methoxy groups -OCH3 is 1. The average molecular weight is 305 g/mol. The van der Waals surface area contributed by atoms with Gasteiger partial charge in [-0.25, -0.2) is 9.78 Å². The van der Waals surface area contributed by atoms with Crippen molar-refractivity contribution in [2.24, 2.45) is 0 Å². The quantitative estimate of drug-likeness (QED) is 0.585. The van der Waals surface area contributed by atoms with Gasteiger partial charge in [0.05, 0.1) is 13.7 Å². The highest BCUT2D eigenvalue weighted by molar-refractivity contribution is 6.40. The van der Waals surface area contributed by atoms with E-state index < -0.39 is 17.9 Å². The van der Waals surface area contributed by atoms with Gasteiger partial charge < -0.3 is 14.2 Å². The van der Waals surface area contributed by atoms with Gasteiger partial charge in [-0.15, -0.1) is 0 Å². The van der Waals surface area contributed by atoms with Gasteiger partial charge in [0.15, 0.2) is 0 Å². The van der Waals surface area contributed by atoms with Crippen LogP contribution in [-0.4, -0.2) is 43.2 Å². The zero-order valence-electron chi connectivity index (χ0n) is 12.7. The summed E-state index contributed by atoms with van der Waals surface area (Å²) in [4.78, 5) is 27.7. The summed E-state index contributed by atoms with van der Waals surface area (Å²) >= 11 is 0. The summed E-state index contributed by atoms with van der Waals surface area (Å²) < 4.78 is 15.6. The van der Waals surface area contributed by atoms with Crippen LogP contribution in [0.1, 0.15) is 19.0 Å². The first-order valence-corrected chi connectivity index (χ1v) is 7.18. The smallest absolute Gasteiger partial charge is 0.379 e. The van der Waals surface area contributed by atoms with Gasteiger partial charge >= 0.3 is 5.97 Å². The Morgan fingerprint density at radius 2 is 2.23 bits per heavy atom. The van der Waals surface area contributed by atoms with Crippen LogP contribution >= 0.6 is 0 Å². The van der Waals surface area contributed by atoms with Gasteiger partial charge in [0.25, 0.3) is 5.78 Å². The van der Waals surface area contributed by atoms with Gasteiger partial charge in [-0.05, 0) is 18.9 Å². The highest BCUT2D eigenvalue weighted by Gasteiger charge is 2.30. The predicted octanol–water partition coefficient (Wildman–Crippen LogP) is 1.48. The Morgan fingerprint density at radius 1 is 1.41 bits per heavy atom. The van der Waals surface area contributed by atoms with E-state index in [1.165, 1.54) is 7.11 Å². The molecule has 1 unspecified atom stereocenters. The third kappa shape index (κ3) is 3.92. The Labute approximate surface area is 129 Å². The standard InChI is InChI=1S/C16H19NO5/c1-3-11-6-4-8-14(17-11)22-10-13-12(7-5-9-21-13)15(18)16(19)20-2/h4,6-8,13H,3,5,9-10H2,1-2H3. The summed E-state index contributed by atoms with van der Waals surface area (Å²) in [7, 11) is 1.18. The molecule has 1 aromatic rings. The topological polar surface area (TPSA) is 74.7 Å². The molecule has 0 amide bonds. The maximum atomic E-state index is 12.0. The number of pyridine rings is 1. The molecule has 118 valence electrons. The number of carbonyl (C=O) groups is 2. The van der Waals surface area contributed by atoms with Gasteiger partial charge in [0.1, 0.15) is 12.7 Å². The van der Waals surface area contributed by atoms with Gasteiger partial charge in [-0.3, -0.25) is 4.79 Å². The molecular weight excluding hydrogens is 286 g/mol. The summed E-state index contributed by atoms with van der Waals surface area (Å²) in [6, 6.07) is 5.52. The number of nitrogens with zero attached hydrogens (tertiary/aromatic N) is 1. The summed E-state index contributed by atoms with van der Waals surface area (Å²) in [6.45, 7) is 2.61. The van der Waals surface area contributed by atoms with E-state index in [9.17, 15) is 9.59 Å². The number of aromatic nitrogens is 1. The lowest BCUT2D eigenvalue weighted by Crippen LogP contribution is -2.34. The molecule has 0 fully saturated rings. The summed E-state index contributed by atoms with van der Waals surface area (Å²) in [5.41, 5.74) is 1.20. The van der Waals surface area contributed by atoms with Gasteiger partial charge in [0.2, 0.25) is 5.88 Å². The molecular formula is C16H19NO5. The Morgan fingerprint density at radius 3 is 2.95 bits per heavy atom. The minimum absolute atomic E-state index is 0.120. The van der Waals surface area contributed by atoms with Crippen molar-refractivity contribution in [1.82, 2.24) is 4.98 Å². The molecule has 2 rings (SSSR count). The van der Waals surface area contributed by atoms with E-state index in [-0.39, 0.29) is 12.2 Å². The first kappa shape index (κ1) is 16.2. The zero-order valence-corrected chi connectivity index (χ0v) is 12.7. The number of carbonyl (C=O) groups excluding carboxylic acids is 2. The van der Waals surface area contributed by atoms with E-state index in [1.807, 2.05) is 19.1 Å². The van der Waals surface area contributed by atoms with E-state index in [0.717, 1.165) is 12.1 Å². The Balaban J connectivity index is 2.03. The van der Waals surface area contributed by atoms with Crippen molar-refractivity contribution in [3.63, 3.8) is 0 Å². The second-order valence-corrected chi connectivity index (χ2v) is 4.76. The molecule has 0 radical (unpaired) electrons. The van der Waals surface area contributed by atoms with E-state index in [1.54, 1.807) is 12.1 Å². The van der Waals surface area contributed by atoms with E-state index in [4.69, 9.17) is 9.47 Å². The van der Waals surface area contributed by atoms with E-state index in [2.05, 4.69) is 9.72 Å². The second-order valence-electron chi connectivity index (χ2n) is 4.76. The number of Topliss-reactive ketones (excluding diaryl/α,β-unsaturated/α-hetero) is 1. The number of ether oxygens (including phenoxy) is 3. The van der Waals surface area contributed by atoms with Gasteiger partial charge in [-0.2, -0.15) is 0 Å². The van der Waals surface area contributed by atoms with Crippen LogP contribution in [0.15, 0.2) is 29.8 Å². The Hall–Kier alpha value is -2.21. The van der Waals surface area contributed by atoms with Crippen LogP contribution in [0.2, 0.25) is 0 Å². The van der Waals surface area contributed by atoms with E-state index >= 15 is 0 Å². The zero-order chi connectivity index (χ0) is 15.9. The van der Waals surface area contributed by atoms with Crippen LogP contribution in [0, 0.1) is 0 Å². The first-order chi connectivity index (χ1) is 10.7. The third-order valence-corrected chi connectivity index (χ3v) is 3.31. The lowest BCUT2D eigenvalue weighted by atomic mass is 10.0. The lowest BCUT2D eigenvalue weighted by Gasteiger charge is -2.23. The van der Waals surface area contributed by atoms with Crippen molar-refractivity contribution < 1.29 is 23.8 Å². The molecule has 0 aliphatic carbocycles. The predicted molar refractivity (Wildman–Crippen MR) is 78.6 cm³/mol. The SMILES string of the molecule is CCc1cccc(OCC2OCCC=C2C(=O)C(=O)OC)n1. The number of aryl methyl sites for hydroxylation is 1. The molecule has 22 heavy (non-hydrogen) atoms. The van der Waals surface area contributed by atoms with Crippen LogP contribution < -0.4 is 4.74 Å². The van der Waals surface area contributed by atoms with Crippen LogP contribution in [0.5, 0.6) is 5.88 Å². The maximum absolute atomic E-state index is 12.0. The van der Waals surface area contributed by atoms with Gasteiger partial charge in [0, 0.05) is 17.3 Å². The number of hydrogen-bond donors (Lipinski definition) is 0. The largest absolute Gasteiger partial charge is 0.475 e. The minimum Gasteiger partial charge on any atom is -0.475 e. The summed E-state index contributed by atoms with van der Waals surface area (Å²) in [5.74, 6) is -1.11. The fraction of sp³-hybridized carbons (Fsp3) is 0.438. The van der Waals surface area contributed by atoms with Crippen molar-refractivity contribution in [3.8, 4) is 5.88 Å². The first-order valence-electron chi connectivity index (χ1n) is 7.18. The molecule has 0 spiro atoms. The summed E-state index contributed by atoms with van der Waals surface area (Å²) in [6.07, 6.45) is 2.50. The molecule has 0 bridgehead atoms. The monoisotopic (exact) mass is 305 g/mol. The Bertz CT molecular complexity index is 582. The van der Waals surface area contributed by atoms with Crippen molar-refractivity contribution in [1.29, 1.82) is 0 Å². The molecule has 1 aromatic heterocycles. The van der Waals surface area contributed by atoms with Crippen LogP contribution in [0.25, 0.3) is 0 Å². The molecule has 0 saturated carbocycles. The normalized spacial score (nSPS) is 17.5. The molecule has 0 aromatic carbocycles. The highest BCUT2D eigenvalue weighted by Crippen LogP contribution is 2.18. The fourth-order valence-electron chi connectivity index (χ4n) is 2.13. The molecule has 0 N–H and O–H groups in total. The van der Waals surface area contributed by atoms with Crippen LogP contribution in [0.4, 0.5) is 0 Å². The maximum Gasteiger partial charge on any atom is 0.379 e. The Kier molecular flexibility index (Phi) is 5.66. The molecule has 0 saturated heterocycles. The van der Waals surface area contributed by atoms with E-state index in [0.29, 0.717) is 18.9 Å². The lowest BCUT2D eigenvalue weighted by molar-refractivity contribution is -0.150. The fourth-order valence-corrected chi connectivity index (χ4v) is 2.13. The number of ketones is 1. The van der Waals surface area contributed by atoms with Crippen molar-refractivity contribution >= 4 is 11.8 Å². The summed E-state index contributed by atoms with van der Waals surface area (Å²) in [5, 5.41) is 0. The second kappa shape index (κ2) is 7.70. The molecule has 1 atom stereocenters. The number of rotatable bonds is 6. The van der Waals surface area contributed by atoms with Crippen LogP contribution in [0.3, 0.4) is 0 Å². The highest BCUT2D eigenvalue weighted by atomic mass is 16.5. The molecule has 2 heterocycles. The van der Waals surface area contributed by atoms with Crippen molar-refractivity contribution in [2.45, 2.75) is 25.9 Å². The minimum atomic E-state index is -0.896. The number of esters is 1. The molecule has 1 aliphatic heterocycles. The van der Waals surface area contributed by atoms with Crippen LogP contribution in [-0.2, 0) is 25.5 Å².